The van der Waals surface area contributed by atoms with Crippen LogP contribution < -0.4 is 0 Å². The molecule has 0 saturated heterocycles. The third-order valence-corrected chi connectivity index (χ3v) is 2.90. The van der Waals surface area contributed by atoms with Gasteiger partial charge in [-0.1, -0.05) is 30.3 Å². The molecule has 0 fully saturated rings. The van der Waals surface area contributed by atoms with Crippen molar-refractivity contribution in [2.75, 3.05) is 0 Å². The van der Waals surface area contributed by atoms with Crippen LogP contribution in [0.2, 0.25) is 0 Å². The van der Waals surface area contributed by atoms with Crippen molar-refractivity contribution in [2.24, 2.45) is 0 Å². The Morgan fingerprint density at radius 2 is 1.60 bits per heavy atom. The van der Waals surface area contributed by atoms with Crippen LogP contribution in [0.5, 0.6) is 0 Å². The van der Waals surface area contributed by atoms with E-state index in [0.717, 1.165) is 6.07 Å². The first kappa shape index (κ1) is 14.1. The van der Waals surface area contributed by atoms with Crippen molar-refractivity contribution in [2.45, 2.75) is 12.6 Å². The molecule has 0 bridgehead atoms. The van der Waals surface area contributed by atoms with E-state index in [0.29, 0.717) is 0 Å². The molecule has 0 heterocycles. The summed E-state index contributed by atoms with van der Waals surface area (Å²) < 4.78 is 52.7. The summed E-state index contributed by atoms with van der Waals surface area (Å²) in [6.07, 6.45) is -5.01. The lowest BCUT2D eigenvalue weighted by Crippen LogP contribution is -2.10. The molecule has 0 amide bonds. The fourth-order valence-corrected chi connectivity index (χ4v) is 2.05. The summed E-state index contributed by atoms with van der Waals surface area (Å²) in [5.74, 6) is -0.619. The Morgan fingerprint density at radius 1 is 0.950 bits per heavy atom. The fourth-order valence-electron chi connectivity index (χ4n) is 2.05. The maximum absolute atomic E-state index is 13.8. The van der Waals surface area contributed by atoms with Gasteiger partial charge in [0.05, 0.1) is 18.1 Å². The second kappa shape index (κ2) is 5.33. The van der Waals surface area contributed by atoms with E-state index in [1.165, 1.54) is 36.4 Å². The Kier molecular flexibility index (Phi) is 3.75. The number of hydrogen-bond donors (Lipinski definition) is 0. The summed E-state index contributed by atoms with van der Waals surface area (Å²) in [5, 5.41) is 8.74. The van der Waals surface area contributed by atoms with Gasteiger partial charge in [0.2, 0.25) is 0 Å². The van der Waals surface area contributed by atoms with E-state index >= 15 is 0 Å². The lowest BCUT2D eigenvalue weighted by molar-refractivity contribution is -0.138. The topological polar surface area (TPSA) is 23.8 Å². The van der Waals surface area contributed by atoms with Crippen molar-refractivity contribution in [3.8, 4) is 17.2 Å². The third kappa shape index (κ3) is 2.64. The zero-order chi connectivity index (χ0) is 14.8. The monoisotopic (exact) mass is 279 g/mol. The minimum Gasteiger partial charge on any atom is -0.206 e. The van der Waals surface area contributed by atoms with E-state index < -0.39 is 24.0 Å². The minimum atomic E-state index is -4.58. The average molecular weight is 279 g/mol. The Hall–Kier alpha value is -2.35. The summed E-state index contributed by atoms with van der Waals surface area (Å²) in [6.45, 7) is 0. The molecule has 5 heteroatoms. The Balaban J connectivity index is 2.72. The first-order valence-electron chi connectivity index (χ1n) is 5.76. The van der Waals surface area contributed by atoms with Crippen molar-refractivity contribution in [3.05, 3.63) is 59.4 Å². The minimum absolute atomic E-state index is 0.0591. The van der Waals surface area contributed by atoms with Crippen LogP contribution in [0.25, 0.3) is 11.1 Å². The van der Waals surface area contributed by atoms with Gasteiger partial charge in [-0.15, -0.1) is 0 Å². The lowest BCUT2D eigenvalue weighted by Gasteiger charge is -2.15. The van der Waals surface area contributed by atoms with E-state index in [9.17, 15) is 17.6 Å². The Bertz CT molecular complexity index is 668. The molecule has 0 spiro atoms. The number of nitrogens with zero attached hydrogens (tertiary/aromatic N) is 1. The van der Waals surface area contributed by atoms with Crippen molar-refractivity contribution in [1.82, 2.24) is 0 Å². The van der Waals surface area contributed by atoms with Crippen LogP contribution in [0.15, 0.2) is 42.5 Å². The molecule has 0 aliphatic heterocycles. The molecule has 0 aromatic heterocycles. The zero-order valence-electron chi connectivity index (χ0n) is 10.2. The first-order chi connectivity index (χ1) is 9.45. The van der Waals surface area contributed by atoms with Crippen LogP contribution in [0.1, 0.15) is 11.1 Å². The summed E-state index contributed by atoms with van der Waals surface area (Å²) in [7, 11) is 0. The van der Waals surface area contributed by atoms with Gasteiger partial charge in [0.1, 0.15) is 5.82 Å². The van der Waals surface area contributed by atoms with E-state index in [2.05, 4.69) is 0 Å². The molecule has 0 unspecified atom stereocenters. The summed E-state index contributed by atoms with van der Waals surface area (Å²) in [6, 6.07) is 10.8. The van der Waals surface area contributed by atoms with Crippen LogP contribution >= 0.6 is 0 Å². The number of halogens is 4. The predicted molar refractivity (Wildman–Crippen MR) is 66.2 cm³/mol. The van der Waals surface area contributed by atoms with Crippen molar-refractivity contribution in [3.63, 3.8) is 0 Å². The summed E-state index contributed by atoms with van der Waals surface area (Å²) >= 11 is 0. The van der Waals surface area contributed by atoms with Crippen LogP contribution in [0, 0.1) is 17.1 Å². The molecule has 0 radical (unpaired) electrons. The molecule has 1 nitrogen and oxygen atoms in total. The predicted octanol–water partition coefficient (Wildman–Crippen LogP) is 4.58. The first-order valence-corrected chi connectivity index (χ1v) is 5.76. The zero-order valence-corrected chi connectivity index (χ0v) is 10.2. The molecule has 2 aromatic rings. The molecular formula is C15H9F4N. The van der Waals surface area contributed by atoms with Gasteiger partial charge in [-0.2, -0.15) is 18.4 Å². The second-order valence-corrected chi connectivity index (χ2v) is 4.14. The maximum Gasteiger partial charge on any atom is 0.416 e. The fraction of sp³-hybridized carbons (Fsp3) is 0.133. The summed E-state index contributed by atoms with van der Waals surface area (Å²) in [4.78, 5) is 0. The highest BCUT2D eigenvalue weighted by Gasteiger charge is 2.34. The highest BCUT2D eigenvalue weighted by Crippen LogP contribution is 2.37. The van der Waals surface area contributed by atoms with E-state index in [4.69, 9.17) is 5.26 Å². The molecule has 0 aliphatic carbocycles. The molecule has 0 atom stereocenters. The number of rotatable bonds is 2. The molecule has 0 aliphatic rings. The largest absolute Gasteiger partial charge is 0.416 e. The van der Waals surface area contributed by atoms with Crippen LogP contribution in [0.4, 0.5) is 17.6 Å². The highest BCUT2D eigenvalue weighted by molar-refractivity contribution is 5.70. The molecular weight excluding hydrogens is 270 g/mol. The standard InChI is InChI=1S/C15H9F4N/c16-14-7-2-1-4-12(14)10-5-3-6-13(15(17,18)19)11(10)8-9-20/h1-7H,8H2. The van der Waals surface area contributed by atoms with Crippen molar-refractivity contribution >= 4 is 0 Å². The average Bonchev–Trinajstić information content (AvgIpc) is 2.39. The lowest BCUT2D eigenvalue weighted by atomic mass is 9.93. The van der Waals surface area contributed by atoms with Crippen LogP contribution in [-0.4, -0.2) is 0 Å². The number of hydrogen-bond acceptors (Lipinski definition) is 1. The van der Waals surface area contributed by atoms with Gasteiger partial charge in [-0.25, -0.2) is 4.39 Å². The highest BCUT2D eigenvalue weighted by atomic mass is 19.4. The van der Waals surface area contributed by atoms with Gasteiger partial charge in [0, 0.05) is 5.56 Å². The summed E-state index contributed by atoms with van der Waals surface area (Å²) in [5.41, 5.74) is -0.948. The molecule has 2 aromatic carbocycles. The SMILES string of the molecule is N#CCc1c(-c2ccccc2F)cccc1C(F)(F)F. The maximum atomic E-state index is 13.8. The quantitative estimate of drug-likeness (QED) is 0.738. The van der Waals surface area contributed by atoms with E-state index in [-0.39, 0.29) is 16.7 Å². The molecule has 102 valence electrons. The van der Waals surface area contributed by atoms with E-state index in [1.807, 2.05) is 0 Å². The normalized spacial score (nSPS) is 11.2. The third-order valence-electron chi connectivity index (χ3n) is 2.90. The molecule has 0 N–H and O–H groups in total. The molecule has 20 heavy (non-hydrogen) atoms. The Labute approximate surface area is 113 Å². The van der Waals surface area contributed by atoms with Gasteiger partial charge in [-0.05, 0) is 23.3 Å². The van der Waals surface area contributed by atoms with Crippen LogP contribution in [-0.2, 0) is 12.6 Å². The van der Waals surface area contributed by atoms with Crippen LogP contribution in [0.3, 0.4) is 0 Å². The van der Waals surface area contributed by atoms with E-state index in [1.54, 1.807) is 6.07 Å². The molecule has 0 saturated carbocycles. The second-order valence-electron chi connectivity index (χ2n) is 4.14. The van der Waals surface area contributed by atoms with Crippen molar-refractivity contribution in [1.29, 1.82) is 5.26 Å². The van der Waals surface area contributed by atoms with Gasteiger partial charge in [0.15, 0.2) is 0 Å². The van der Waals surface area contributed by atoms with Gasteiger partial charge in [0.25, 0.3) is 0 Å². The number of alkyl halides is 3. The Morgan fingerprint density at radius 3 is 2.20 bits per heavy atom. The van der Waals surface area contributed by atoms with Crippen molar-refractivity contribution < 1.29 is 17.6 Å². The number of nitriles is 1. The number of benzene rings is 2. The smallest absolute Gasteiger partial charge is 0.206 e. The van der Waals surface area contributed by atoms with Gasteiger partial charge >= 0.3 is 6.18 Å². The van der Waals surface area contributed by atoms with Gasteiger partial charge in [-0.3, -0.25) is 0 Å². The van der Waals surface area contributed by atoms with Gasteiger partial charge < -0.3 is 0 Å². The molecule has 2 rings (SSSR count).